The third kappa shape index (κ3) is 5.22. The Morgan fingerprint density at radius 3 is 2.76 bits per heavy atom. The van der Waals surface area contributed by atoms with Crippen LogP contribution in [0.2, 0.25) is 0 Å². The van der Waals surface area contributed by atoms with Crippen LogP contribution in [0.5, 0.6) is 0 Å². The van der Waals surface area contributed by atoms with Crippen molar-refractivity contribution in [3.63, 3.8) is 0 Å². The summed E-state index contributed by atoms with van der Waals surface area (Å²) < 4.78 is 0.819. The van der Waals surface area contributed by atoms with Gasteiger partial charge in [-0.1, -0.05) is 26.2 Å². The van der Waals surface area contributed by atoms with Crippen molar-refractivity contribution < 1.29 is 4.79 Å². The zero-order valence-electron chi connectivity index (χ0n) is 10.1. The van der Waals surface area contributed by atoms with Gasteiger partial charge in [-0.15, -0.1) is 0 Å². The topological polar surface area (TPSA) is 55.1 Å². The number of hydrogen-bond donors (Lipinski definition) is 2. The van der Waals surface area contributed by atoms with Crippen molar-refractivity contribution in [3.8, 4) is 0 Å². The molecule has 3 N–H and O–H groups in total. The Bertz CT molecular complexity index is 380. The van der Waals surface area contributed by atoms with Crippen molar-refractivity contribution in [2.75, 3.05) is 11.1 Å². The van der Waals surface area contributed by atoms with Crippen molar-refractivity contribution in [2.24, 2.45) is 0 Å². The van der Waals surface area contributed by atoms with E-state index in [4.69, 9.17) is 5.73 Å². The van der Waals surface area contributed by atoms with Crippen LogP contribution in [0.4, 0.5) is 11.4 Å². The van der Waals surface area contributed by atoms with Gasteiger partial charge in [0.15, 0.2) is 0 Å². The summed E-state index contributed by atoms with van der Waals surface area (Å²) in [6, 6.07) is 5.37. The molecule has 0 heterocycles. The largest absolute Gasteiger partial charge is 0.399 e. The Labute approximate surface area is 111 Å². The van der Waals surface area contributed by atoms with E-state index in [2.05, 4.69) is 28.2 Å². The average molecular weight is 299 g/mol. The van der Waals surface area contributed by atoms with Crippen LogP contribution in [-0.4, -0.2) is 5.91 Å². The zero-order chi connectivity index (χ0) is 12.7. The van der Waals surface area contributed by atoms with Crippen LogP contribution >= 0.6 is 15.9 Å². The Morgan fingerprint density at radius 2 is 2.12 bits per heavy atom. The van der Waals surface area contributed by atoms with E-state index in [1.54, 1.807) is 12.1 Å². The Morgan fingerprint density at radius 1 is 1.35 bits per heavy atom. The summed E-state index contributed by atoms with van der Waals surface area (Å²) in [6.07, 6.45) is 5.03. The number of amides is 1. The van der Waals surface area contributed by atoms with Crippen LogP contribution < -0.4 is 11.1 Å². The molecule has 0 saturated carbocycles. The fraction of sp³-hybridized carbons (Fsp3) is 0.462. The fourth-order valence-electron chi connectivity index (χ4n) is 1.56. The van der Waals surface area contributed by atoms with E-state index >= 15 is 0 Å². The molecular formula is C13H19BrN2O. The quantitative estimate of drug-likeness (QED) is 0.617. The van der Waals surface area contributed by atoms with E-state index in [0.29, 0.717) is 12.1 Å². The lowest BCUT2D eigenvalue weighted by Crippen LogP contribution is -2.11. The van der Waals surface area contributed by atoms with Gasteiger partial charge in [0.25, 0.3) is 0 Å². The van der Waals surface area contributed by atoms with E-state index in [1.165, 1.54) is 12.8 Å². The highest BCUT2D eigenvalue weighted by Crippen LogP contribution is 2.24. The highest BCUT2D eigenvalue weighted by molar-refractivity contribution is 9.10. The van der Waals surface area contributed by atoms with E-state index in [1.807, 2.05) is 6.07 Å². The maximum absolute atomic E-state index is 11.6. The van der Waals surface area contributed by atoms with Gasteiger partial charge in [0.2, 0.25) is 5.91 Å². The minimum absolute atomic E-state index is 0.0616. The monoisotopic (exact) mass is 298 g/mol. The Kier molecular flexibility index (Phi) is 6.05. The van der Waals surface area contributed by atoms with Gasteiger partial charge >= 0.3 is 0 Å². The van der Waals surface area contributed by atoms with Gasteiger partial charge in [0.05, 0.1) is 5.69 Å². The van der Waals surface area contributed by atoms with Crippen LogP contribution in [0.1, 0.15) is 39.0 Å². The van der Waals surface area contributed by atoms with Gasteiger partial charge in [0.1, 0.15) is 0 Å². The van der Waals surface area contributed by atoms with Crippen LogP contribution in [-0.2, 0) is 4.79 Å². The lowest BCUT2D eigenvalue weighted by Gasteiger charge is -2.07. The maximum Gasteiger partial charge on any atom is 0.224 e. The number of benzene rings is 1. The summed E-state index contributed by atoms with van der Waals surface area (Å²) in [5.74, 6) is 0.0616. The number of carbonyl (C=O) groups is 1. The van der Waals surface area contributed by atoms with Gasteiger partial charge in [-0.2, -0.15) is 0 Å². The van der Waals surface area contributed by atoms with Crippen LogP contribution in [0.15, 0.2) is 22.7 Å². The molecule has 0 aliphatic heterocycles. The molecule has 1 aromatic rings. The number of carbonyl (C=O) groups excluding carboxylic acids is 1. The first-order valence-corrected chi connectivity index (χ1v) is 6.77. The molecule has 1 amide bonds. The molecule has 0 spiro atoms. The first-order chi connectivity index (χ1) is 8.13. The number of nitrogens with one attached hydrogen (secondary N) is 1. The molecule has 0 saturated heterocycles. The molecule has 0 aliphatic carbocycles. The molecule has 0 atom stereocenters. The lowest BCUT2D eigenvalue weighted by molar-refractivity contribution is -0.116. The first-order valence-electron chi connectivity index (χ1n) is 5.98. The number of nitrogen functional groups attached to an aromatic ring is 1. The molecule has 3 nitrogen and oxygen atoms in total. The van der Waals surface area contributed by atoms with Crippen LogP contribution in [0.25, 0.3) is 0 Å². The number of anilines is 2. The molecule has 0 unspecified atom stereocenters. The standard InChI is InChI=1S/C13H19BrN2O/c1-2-3-4-5-6-13(17)16-12-8-7-10(15)9-11(12)14/h7-9H,2-6,15H2,1H3,(H,16,17). The normalized spacial score (nSPS) is 10.2. The number of halogens is 1. The van der Waals surface area contributed by atoms with Gasteiger partial charge in [-0.25, -0.2) is 0 Å². The van der Waals surface area contributed by atoms with Gasteiger partial charge in [-0.05, 0) is 40.5 Å². The smallest absolute Gasteiger partial charge is 0.224 e. The van der Waals surface area contributed by atoms with Gasteiger partial charge < -0.3 is 11.1 Å². The predicted molar refractivity (Wildman–Crippen MR) is 75.9 cm³/mol. The summed E-state index contributed by atoms with van der Waals surface area (Å²) in [4.78, 5) is 11.6. The SMILES string of the molecule is CCCCCCC(=O)Nc1ccc(N)cc1Br. The first kappa shape index (κ1) is 14.0. The van der Waals surface area contributed by atoms with Gasteiger partial charge in [-0.3, -0.25) is 4.79 Å². The highest BCUT2D eigenvalue weighted by Gasteiger charge is 2.05. The molecule has 1 rings (SSSR count). The molecule has 0 aromatic heterocycles. The van der Waals surface area contributed by atoms with Crippen molar-refractivity contribution in [1.29, 1.82) is 0 Å². The minimum Gasteiger partial charge on any atom is -0.399 e. The van der Waals surface area contributed by atoms with Crippen molar-refractivity contribution in [3.05, 3.63) is 22.7 Å². The van der Waals surface area contributed by atoms with E-state index < -0.39 is 0 Å². The van der Waals surface area contributed by atoms with Crippen LogP contribution in [0, 0.1) is 0 Å². The molecule has 17 heavy (non-hydrogen) atoms. The lowest BCUT2D eigenvalue weighted by atomic mass is 10.1. The van der Waals surface area contributed by atoms with E-state index in [9.17, 15) is 4.79 Å². The molecular weight excluding hydrogens is 280 g/mol. The Balaban J connectivity index is 2.40. The zero-order valence-corrected chi connectivity index (χ0v) is 11.7. The predicted octanol–water partition coefficient (Wildman–Crippen LogP) is 3.94. The fourth-order valence-corrected chi connectivity index (χ4v) is 2.05. The van der Waals surface area contributed by atoms with Crippen molar-refractivity contribution in [2.45, 2.75) is 39.0 Å². The summed E-state index contributed by atoms with van der Waals surface area (Å²) in [7, 11) is 0. The average Bonchev–Trinajstić information content (AvgIpc) is 2.28. The number of rotatable bonds is 6. The molecule has 4 heteroatoms. The van der Waals surface area contributed by atoms with E-state index in [0.717, 1.165) is 23.0 Å². The molecule has 0 fully saturated rings. The van der Waals surface area contributed by atoms with E-state index in [-0.39, 0.29) is 5.91 Å². The van der Waals surface area contributed by atoms with Gasteiger partial charge in [0, 0.05) is 16.6 Å². The third-order valence-electron chi connectivity index (χ3n) is 2.52. The maximum atomic E-state index is 11.6. The number of hydrogen-bond acceptors (Lipinski definition) is 2. The molecule has 0 aliphatic rings. The molecule has 1 aromatic carbocycles. The Hall–Kier alpha value is -1.03. The summed E-state index contributed by atoms with van der Waals surface area (Å²) >= 11 is 3.37. The summed E-state index contributed by atoms with van der Waals surface area (Å²) in [5, 5.41) is 2.87. The number of unbranched alkanes of at least 4 members (excludes halogenated alkanes) is 3. The second-order valence-electron chi connectivity index (χ2n) is 4.10. The second kappa shape index (κ2) is 7.33. The summed E-state index contributed by atoms with van der Waals surface area (Å²) in [5.41, 5.74) is 7.09. The number of nitrogens with two attached hydrogens (primary N) is 1. The van der Waals surface area contributed by atoms with Crippen molar-refractivity contribution >= 4 is 33.2 Å². The minimum atomic E-state index is 0.0616. The second-order valence-corrected chi connectivity index (χ2v) is 4.95. The molecule has 0 radical (unpaired) electrons. The highest BCUT2D eigenvalue weighted by atomic mass is 79.9. The third-order valence-corrected chi connectivity index (χ3v) is 3.18. The molecule has 94 valence electrons. The van der Waals surface area contributed by atoms with Crippen molar-refractivity contribution in [1.82, 2.24) is 0 Å². The van der Waals surface area contributed by atoms with Crippen LogP contribution in [0.3, 0.4) is 0 Å². The summed E-state index contributed by atoms with van der Waals surface area (Å²) in [6.45, 7) is 2.16. The molecule has 0 bridgehead atoms.